The first-order valence-corrected chi connectivity index (χ1v) is 7.24. The molecule has 1 saturated carbocycles. The second-order valence-electron chi connectivity index (χ2n) is 5.55. The van der Waals surface area contributed by atoms with Gasteiger partial charge in [-0.1, -0.05) is 6.92 Å². The van der Waals surface area contributed by atoms with Gasteiger partial charge in [0, 0.05) is 19.3 Å². The summed E-state index contributed by atoms with van der Waals surface area (Å²) in [4.78, 5) is 12.4. The standard InChI is InChI=1S/C15H24N2O2/c1-4-12(2)17-10-7-13(16-17)11-14(18)15(19-3)8-5-6-9-15/h7,10,12H,4-6,8-9,11H2,1-3H3. The van der Waals surface area contributed by atoms with E-state index >= 15 is 0 Å². The zero-order valence-corrected chi connectivity index (χ0v) is 12.2. The van der Waals surface area contributed by atoms with Crippen LogP contribution in [0.25, 0.3) is 0 Å². The lowest BCUT2D eigenvalue weighted by Gasteiger charge is -2.25. The van der Waals surface area contributed by atoms with Crippen molar-refractivity contribution in [3.63, 3.8) is 0 Å². The third kappa shape index (κ3) is 2.89. The Hall–Kier alpha value is -1.16. The smallest absolute Gasteiger partial charge is 0.170 e. The van der Waals surface area contributed by atoms with Gasteiger partial charge in [-0.05, 0) is 45.1 Å². The second kappa shape index (κ2) is 5.87. The average molecular weight is 264 g/mol. The van der Waals surface area contributed by atoms with Gasteiger partial charge in [-0.25, -0.2) is 0 Å². The normalized spacial score (nSPS) is 19.5. The minimum atomic E-state index is -0.542. The quantitative estimate of drug-likeness (QED) is 0.793. The SMILES string of the molecule is CCC(C)n1ccc(CC(=O)C2(OC)CCCC2)n1. The molecule has 1 unspecified atom stereocenters. The van der Waals surface area contributed by atoms with Crippen molar-refractivity contribution in [2.45, 2.75) is 64.0 Å². The summed E-state index contributed by atoms with van der Waals surface area (Å²) in [6.07, 6.45) is 7.27. The van der Waals surface area contributed by atoms with Gasteiger partial charge in [0.25, 0.3) is 0 Å². The Morgan fingerprint density at radius 3 is 2.79 bits per heavy atom. The van der Waals surface area contributed by atoms with Gasteiger partial charge in [-0.15, -0.1) is 0 Å². The van der Waals surface area contributed by atoms with E-state index in [1.807, 2.05) is 16.9 Å². The van der Waals surface area contributed by atoms with Crippen LogP contribution in [0.4, 0.5) is 0 Å². The summed E-state index contributed by atoms with van der Waals surface area (Å²) in [5.41, 5.74) is 0.314. The Bertz CT molecular complexity index is 433. The molecule has 4 heteroatoms. The topological polar surface area (TPSA) is 44.1 Å². The molecule has 106 valence electrons. The number of carbonyl (C=O) groups excluding carboxylic acids is 1. The van der Waals surface area contributed by atoms with Crippen LogP contribution in [0.3, 0.4) is 0 Å². The highest BCUT2D eigenvalue weighted by molar-refractivity contribution is 5.89. The first kappa shape index (κ1) is 14.3. The average Bonchev–Trinajstić information content (AvgIpc) is 3.07. The lowest BCUT2D eigenvalue weighted by molar-refractivity contribution is -0.139. The molecule has 0 aromatic carbocycles. The molecule has 1 atom stereocenters. The molecule has 1 fully saturated rings. The highest BCUT2D eigenvalue weighted by Gasteiger charge is 2.40. The first-order chi connectivity index (χ1) is 9.11. The van der Waals surface area contributed by atoms with Gasteiger partial charge in [0.05, 0.1) is 12.1 Å². The molecular weight excluding hydrogens is 240 g/mol. The fourth-order valence-electron chi connectivity index (χ4n) is 2.77. The Balaban J connectivity index is 2.04. The Labute approximate surface area is 115 Å². The fraction of sp³-hybridized carbons (Fsp3) is 0.733. The molecule has 0 saturated heterocycles. The maximum absolute atomic E-state index is 12.4. The van der Waals surface area contributed by atoms with Crippen molar-refractivity contribution in [3.05, 3.63) is 18.0 Å². The second-order valence-corrected chi connectivity index (χ2v) is 5.55. The summed E-state index contributed by atoms with van der Waals surface area (Å²) >= 11 is 0. The number of hydrogen-bond donors (Lipinski definition) is 0. The molecule has 19 heavy (non-hydrogen) atoms. The third-order valence-electron chi connectivity index (χ3n) is 4.36. The van der Waals surface area contributed by atoms with Crippen molar-refractivity contribution in [2.75, 3.05) is 7.11 Å². The summed E-state index contributed by atoms with van der Waals surface area (Å²) < 4.78 is 7.47. The molecule has 0 amide bonds. The zero-order valence-electron chi connectivity index (χ0n) is 12.2. The lowest BCUT2D eigenvalue weighted by atomic mass is 9.93. The molecule has 0 aliphatic heterocycles. The number of nitrogens with zero attached hydrogens (tertiary/aromatic N) is 2. The number of hydrogen-bond acceptors (Lipinski definition) is 3. The van der Waals surface area contributed by atoms with E-state index in [1.165, 1.54) is 0 Å². The Morgan fingerprint density at radius 2 is 2.21 bits per heavy atom. The molecule has 1 aliphatic rings. The van der Waals surface area contributed by atoms with Crippen LogP contribution in [-0.2, 0) is 16.0 Å². The third-order valence-corrected chi connectivity index (χ3v) is 4.36. The van der Waals surface area contributed by atoms with E-state index in [4.69, 9.17) is 4.74 Å². The van der Waals surface area contributed by atoms with Gasteiger partial charge < -0.3 is 4.74 Å². The summed E-state index contributed by atoms with van der Waals surface area (Å²) in [6, 6.07) is 2.33. The number of carbonyl (C=O) groups is 1. The predicted octanol–water partition coefficient (Wildman–Crippen LogP) is 2.92. The van der Waals surface area contributed by atoms with Crippen molar-refractivity contribution in [2.24, 2.45) is 0 Å². The van der Waals surface area contributed by atoms with Crippen molar-refractivity contribution in [1.29, 1.82) is 0 Å². The van der Waals surface area contributed by atoms with E-state index in [0.717, 1.165) is 37.8 Å². The van der Waals surface area contributed by atoms with Crippen LogP contribution in [0.15, 0.2) is 12.3 Å². The van der Waals surface area contributed by atoms with Gasteiger partial charge in [0.1, 0.15) is 5.60 Å². The van der Waals surface area contributed by atoms with E-state index in [9.17, 15) is 4.79 Å². The van der Waals surface area contributed by atoms with Gasteiger partial charge in [-0.3, -0.25) is 9.48 Å². The molecule has 1 heterocycles. The highest BCUT2D eigenvalue weighted by atomic mass is 16.5. The van der Waals surface area contributed by atoms with Crippen molar-refractivity contribution in [3.8, 4) is 0 Å². The molecule has 4 nitrogen and oxygen atoms in total. The largest absolute Gasteiger partial charge is 0.370 e. The maximum Gasteiger partial charge on any atom is 0.170 e. The molecule has 0 spiro atoms. The van der Waals surface area contributed by atoms with Crippen LogP contribution in [-0.4, -0.2) is 28.3 Å². The van der Waals surface area contributed by atoms with Crippen LogP contribution in [0.5, 0.6) is 0 Å². The monoisotopic (exact) mass is 264 g/mol. The Kier molecular flexibility index (Phi) is 4.40. The minimum Gasteiger partial charge on any atom is -0.370 e. The van der Waals surface area contributed by atoms with Gasteiger partial charge in [0.15, 0.2) is 5.78 Å². The van der Waals surface area contributed by atoms with Crippen LogP contribution < -0.4 is 0 Å². The fourth-order valence-corrected chi connectivity index (χ4v) is 2.77. The molecule has 0 radical (unpaired) electrons. The summed E-state index contributed by atoms with van der Waals surface area (Å²) in [5.74, 6) is 0.182. The molecule has 0 N–H and O–H groups in total. The van der Waals surface area contributed by atoms with E-state index < -0.39 is 5.60 Å². The lowest BCUT2D eigenvalue weighted by Crippen LogP contribution is -2.39. The molecule has 0 bridgehead atoms. The number of ether oxygens (including phenoxy) is 1. The molecule has 1 aromatic rings. The predicted molar refractivity (Wildman–Crippen MR) is 74.1 cm³/mol. The van der Waals surface area contributed by atoms with E-state index in [2.05, 4.69) is 18.9 Å². The number of aromatic nitrogens is 2. The summed E-state index contributed by atoms with van der Waals surface area (Å²) in [7, 11) is 1.65. The number of Topliss-reactive ketones (excluding diaryl/α,β-unsaturated/α-hetero) is 1. The van der Waals surface area contributed by atoms with Crippen molar-refractivity contribution < 1.29 is 9.53 Å². The van der Waals surface area contributed by atoms with Crippen LogP contribution >= 0.6 is 0 Å². The number of rotatable bonds is 6. The maximum atomic E-state index is 12.4. The van der Waals surface area contributed by atoms with E-state index in [1.54, 1.807) is 7.11 Å². The molecular formula is C15H24N2O2. The molecule has 2 rings (SSSR count). The minimum absolute atomic E-state index is 0.182. The first-order valence-electron chi connectivity index (χ1n) is 7.24. The molecule has 1 aliphatic carbocycles. The van der Waals surface area contributed by atoms with Crippen LogP contribution in [0.2, 0.25) is 0 Å². The van der Waals surface area contributed by atoms with Crippen LogP contribution in [0, 0.1) is 0 Å². The molecule has 1 aromatic heterocycles. The zero-order chi connectivity index (χ0) is 13.9. The van der Waals surface area contributed by atoms with Gasteiger partial charge in [-0.2, -0.15) is 5.10 Å². The van der Waals surface area contributed by atoms with Gasteiger partial charge >= 0.3 is 0 Å². The Morgan fingerprint density at radius 1 is 1.53 bits per heavy atom. The van der Waals surface area contributed by atoms with E-state index in [-0.39, 0.29) is 5.78 Å². The van der Waals surface area contributed by atoms with E-state index in [0.29, 0.717) is 12.5 Å². The van der Waals surface area contributed by atoms with Gasteiger partial charge in [0.2, 0.25) is 0 Å². The summed E-state index contributed by atoms with van der Waals surface area (Å²) in [6.45, 7) is 4.27. The van der Waals surface area contributed by atoms with Crippen molar-refractivity contribution >= 4 is 5.78 Å². The number of methoxy groups -OCH3 is 1. The number of ketones is 1. The van der Waals surface area contributed by atoms with Crippen molar-refractivity contribution in [1.82, 2.24) is 9.78 Å². The summed E-state index contributed by atoms with van der Waals surface area (Å²) in [5, 5.41) is 4.50. The van der Waals surface area contributed by atoms with Crippen LogP contribution in [0.1, 0.15) is 57.7 Å². The highest BCUT2D eigenvalue weighted by Crippen LogP contribution is 2.34.